The number of rotatable bonds is 5. The maximum atomic E-state index is 14.9. The van der Waals surface area contributed by atoms with Gasteiger partial charge < -0.3 is 19.9 Å². The van der Waals surface area contributed by atoms with Gasteiger partial charge in [-0.2, -0.15) is 0 Å². The number of ketones is 1. The van der Waals surface area contributed by atoms with Crippen LogP contribution < -0.4 is 10.5 Å². The minimum atomic E-state index is -0.851. The number of Topliss-reactive ketones (excluding diaryl/α,β-unsaturated/α-hetero) is 1. The van der Waals surface area contributed by atoms with Crippen molar-refractivity contribution in [2.45, 2.75) is 32.6 Å². The van der Waals surface area contributed by atoms with Crippen LogP contribution >= 0.6 is 0 Å². The van der Waals surface area contributed by atoms with Crippen LogP contribution in [-0.2, 0) is 14.3 Å². The molecule has 0 saturated heterocycles. The number of halogens is 1. The third-order valence-electron chi connectivity index (χ3n) is 4.97. The minimum Gasteiger partial charge on any atom is -0.432 e. The minimum absolute atomic E-state index is 0.0724. The molecule has 0 heterocycles. The predicted octanol–water partition coefficient (Wildman–Crippen LogP) is 3.77. The van der Waals surface area contributed by atoms with E-state index < -0.39 is 17.9 Å². The second-order valence-corrected chi connectivity index (χ2v) is 7.79. The number of allylic oxidation sites excluding steroid dienone is 3. The van der Waals surface area contributed by atoms with Gasteiger partial charge in [-0.25, -0.2) is 9.18 Å². The van der Waals surface area contributed by atoms with Crippen LogP contribution in [0.2, 0.25) is 0 Å². The maximum absolute atomic E-state index is 14.9. The van der Waals surface area contributed by atoms with Crippen LogP contribution in [0.4, 0.5) is 9.18 Å². The van der Waals surface area contributed by atoms with Crippen LogP contribution in [0.5, 0.6) is 5.75 Å². The standard InChI is InChI=1S/C21H24FNO5/c1-21(2)10-14-17(15(24)11-21)16(18(22)19(14)23)12-4-6-13(7-5-12)28-20(25)27-9-8-26-3/h4-7,16H,8-11,23H2,1-3H3/t16-/m0/s1. The summed E-state index contributed by atoms with van der Waals surface area (Å²) in [5.74, 6) is -1.12. The van der Waals surface area contributed by atoms with Crippen molar-refractivity contribution in [2.75, 3.05) is 20.3 Å². The molecule has 28 heavy (non-hydrogen) atoms. The van der Waals surface area contributed by atoms with E-state index in [4.69, 9.17) is 19.9 Å². The highest BCUT2D eigenvalue weighted by molar-refractivity contribution is 6.01. The Balaban J connectivity index is 1.79. The van der Waals surface area contributed by atoms with Gasteiger partial charge >= 0.3 is 6.16 Å². The van der Waals surface area contributed by atoms with Gasteiger partial charge in [-0.1, -0.05) is 26.0 Å². The number of hydrogen-bond donors (Lipinski definition) is 1. The maximum Gasteiger partial charge on any atom is 0.513 e. The predicted molar refractivity (Wildman–Crippen MR) is 100 cm³/mol. The van der Waals surface area contributed by atoms with E-state index >= 15 is 0 Å². The summed E-state index contributed by atoms with van der Waals surface area (Å²) in [5.41, 5.74) is 7.47. The van der Waals surface area contributed by atoms with Crippen molar-refractivity contribution < 1.29 is 28.2 Å². The van der Waals surface area contributed by atoms with E-state index in [2.05, 4.69) is 0 Å². The SMILES string of the molecule is COCCOC(=O)Oc1ccc([C@@H]2C(F)=C(N)C3=C2C(=O)CC(C)(C)C3)cc1. The van der Waals surface area contributed by atoms with Gasteiger partial charge in [0, 0.05) is 19.1 Å². The van der Waals surface area contributed by atoms with E-state index in [1.807, 2.05) is 13.8 Å². The van der Waals surface area contributed by atoms with Gasteiger partial charge in [-0.05, 0) is 35.1 Å². The Morgan fingerprint density at radius 2 is 1.89 bits per heavy atom. The van der Waals surface area contributed by atoms with Crippen molar-refractivity contribution in [1.29, 1.82) is 0 Å². The summed E-state index contributed by atoms with van der Waals surface area (Å²) >= 11 is 0. The van der Waals surface area contributed by atoms with Gasteiger partial charge in [0.15, 0.2) is 5.78 Å². The first-order valence-electron chi connectivity index (χ1n) is 9.09. The molecule has 0 unspecified atom stereocenters. The molecular formula is C21H24FNO5. The molecule has 1 aromatic rings. The second-order valence-electron chi connectivity index (χ2n) is 7.79. The zero-order valence-corrected chi connectivity index (χ0v) is 16.2. The molecule has 0 fully saturated rings. The molecule has 2 N–H and O–H groups in total. The fraction of sp³-hybridized carbons (Fsp3) is 0.429. The van der Waals surface area contributed by atoms with Crippen LogP contribution in [0.3, 0.4) is 0 Å². The number of nitrogens with two attached hydrogens (primary N) is 1. The van der Waals surface area contributed by atoms with E-state index in [0.717, 1.165) is 0 Å². The lowest BCUT2D eigenvalue weighted by Crippen LogP contribution is -2.27. The normalized spacial score (nSPS) is 21.0. The molecule has 0 bridgehead atoms. The van der Waals surface area contributed by atoms with Crippen molar-refractivity contribution in [1.82, 2.24) is 0 Å². The van der Waals surface area contributed by atoms with Crippen molar-refractivity contribution in [3.8, 4) is 5.75 Å². The van der Waals surface area contributed by atoms with E-state index in [1.54, 1.807) is 12.1 Å². The van der Waals surface area contributed by atoms with Crippen molar-refractivity contribution in [3.63, 3.8) is 0 Å². The summed E-state index contributed by atoms with van der Waals surface area (Å²) in [6.45, 7) is 4.31. The number of methoxy groups -OCH3 is 1. The summed E-state index contributed by atoms with van der Waals surface area (Å²) in [5, 5.41) is 0. The number of carbonyl (C=O) groups excluding carboxylic acids is 2. The Labute approximate surface area is 163 Å². The highest BCUT2D eigenvalue weighted by Gasteiger charge is 2.44. The molecule has 0 saturated carbocycles. The first kappa shape index (κ1) is 20.1. The summed E-state index contributed by atoms with van der Waals surface area (Å²) < 4.78 is 29.6. The molecule has 0 spiro atoms. The molecule has 0 radical (unpaired) electrons. The number of carbonyl (C=O) groups is 2. The highest BCUT2D eigenvalue weighted by atomic mass is 19.1. The zero-order valence-electron chi connectivity index (χ0n) is 16.2. The van der Waals surface area contributed by atoms with Crippen LogP contribution in [-0.4, -0.2) is 32.3 Å². The Morgan fingerprint density at radius 1 is 1.21 bits per heavy atom. The second kappa shape index (κ2) is 7.75. The number of hydrogen-bond acceptors (Lipinski definition) is 6. The fourth-order valence-corrected chi connectivity index (χ4v) is 3.71. The van der Waals surface area contributed by atoms with E-state index in [-0.39, 0.29) is 35.9 Å². The average Bonchev–Trinajstić information content (AvgIpc) is 2.87. The molecule has 6 nitrogen and oxygen atoms in total. The Bertz CT molecular complexity index is 854. The van der Waals surface area contributed by atoms with Gasteiger partial charge in [0.25, 0.3) is 0 Å². The monoisotopic (exact) mass is 389 g/mol. The lowest BCUT2D eigenvalue weighted by atomic mass is 9.72. The van der Waals surface area contributed by atoms with Gasteiger partial charge in [0.1, 0.15) is 18.2 Å². The van der Waals surface area contributed by atoms with Crippen molar-refractivity contribution in [3.05, 3.63) is 52.5 Å². The molecule has 3 rings (SSSR count). The molecule has 1 atom stereocenters. The first-order chi connectivity index (χ1) is 13.2. The van der Waals surface area contributed by atoms with Crippen LogP contribution in [0.15, 0.2) is 46.9 Å². The van der Waals surface area contributed by atoms with Gasteiger partial charge in [0.2, 0.25) is 0 Å². The molecule has 2 aliphatic rings. The molecule has 1 aromatic carbocycles. The Morgan fingerprint density at radius 3 is 2.54 bits per heavy atom. The van der Waals surface area contributed by atoms with Crippen LogP contribution in [0.1, 0.15) is 38.2 Å². The molecule has 0 amide bonds. The topological polar surface area (TPSA) is 87.8 Å². The smallest absolute Gasteiger partial charge is 0.432 e. The van der Waals surface area contributed by atoms with Crippen molar-refractivity contribution in [2.24, 2.45) is 11.1 Å². The summed E-state index contributed by atoms with van der Waals surface area (Å²) in [6, 6.07) is 6.31. The molecule has 0 aromatic heterocycles. The third kappa shape index (κ3) is 3.94. The molecular weight excluding hydrogens is 365 g/mol. The largest absolute Gasteiger partial charge is 0.513 e. The van der Waals surface area contributed by atoms with Crippen LogP contribution in [0, 0.1) is 5.41 Å². The Hall–Kier alpha value is -2.67. The van der Waals surface area contributed by atoms with E-state index in [9.17, 15) is 14.0 Å². The molecule has 0 aliphatic heterocycles. The third-order valence-corrected chi connectivity index (χ3v) is 4.97. The lowest BCUT2D eigenvalue weighted by molar-refractivity contribution is -0.118. The molecule has 150 valence electrons. The Kier molecular flexibility index (Phi) is 5.56. The van der Waals surface area contributed by atoms with Gasteiger partial charge in [0.05, 0.1) is 18.2 Å². The summed E-state index contributed by atoms with van der Waals surface area (Å²) in [4.78, 5) is 24.3. The van der Waals surface area contributed by atoms with Gasteiger partial charge in [-0.3, -0.25) is 4.79 Å². The van der Waals surface area contributed by atoms with Crippen molar-refractivity contribution >= 4 is 11.9 Å². The number of ether oxygens (including phenoxy) is 3. The zero-order chi connectivity index (χ0) is 20.5. The van der Waals surface area contributed by atoms with E-state index in [1.165, 1.54) is 19.2 Å². The highest BCUT2D eigenvalue weighted by Crippen LogP contribution is 2.51. The first-order valence-corrected chi connectivity index (χ1v) is 9.09. The van der Waals surface area contributed by atoms with Gasteiger partial charge in [-0.15, -0.1) is 0 Å². The molecule has 2 aliphatic carbocycles. The quantitative estimate of drug-likeness (QED) is 0.469. The molecule has 7 heteroatoms. The van der Waals surface area contributed by atoms with E-state index in [0.29, 0.717) is 29.6 Å². The summed E-state index contributed by atoms with van der Waals surface area (Å²) in [6.07, 6.45) is 0.0751. The summed E-state index contributed by atoms with van der Waals surface area (Å²) in [7, 11) is 1.50. The fourth-order valence-electron chi connectivity index (χ4n) is 3.71. The lowest BCUT2D eigenvalue weighted by Gasteiger charge is -2.31. The number of benzene rings is 1. The van der Waals surface area contributed by atoms with Crippen LogP contribution in [0.25, 0.3) is 0 Å². The average molecular weight is 389 g/mol.